The first-order chi connectivity index (χ1) is 16.6. The van der Waals surface area contributed by atoms with Gasteiger partial charge in [0.2, 0.25) is 17.7 Å². The van der Waals surface area contributed by atoms with Gasteiger partial charge in [-0.3, -0.25) is 19.2 Å². The van der Waals surface area contributed by atoms with E-state index < -0.39 is 60.3 Å². The third-order valence-corrected chi connectivity index (χ3v) is 5.97. The Hall–Kier alpha value is -3.43. The summed E-state index contributed by atoms with van der Waals surface area (Å²) in [6.07, 6.45) is 0.908. The Morgan fingerprint density at radius 1 is 1.06 bits per heavy atom. The molecule has 0 radical (unpaired) electrons. The number of carbonyl (C=O) groups excluding carboxylic acids is 4. The maximum absolute atomic E-state index is 13.0. The van der Waals surface area contributed by atoms with Gasteiger partial charge in [0, 0.05) is 6.42 Å². The molecule has 1 heterocycles. The minimum atomic E-state index is -1.45. The molecule has 0 spiro atoms. The molecule has 1 aliphatic rings. The summed E-state index contributed by atoms with van der Waals surface area (Å²) in [5.41, 5.74) is 0.815. The smallest absolute Gasteiger partial charge is 0.329 e. The van der Waals surface area contributed by atoms with E-state index in [9.17, 15) is 29.1 Å². The molecule has 2 rings (SSSR count). The molecule has 1 aromatic carbocycles. The van der Waals surface area contributed by atoms with Crippen LogP contribution in [0.15, 0.2) is 30.3 Å². The van der Waals surface area contributed by atoms with Crippen molar-refractivity contribution in [3.8, 4) is 0 Å². The molecule has 1 aliphatic heterocycles. The lowest BCUT2D eigenvalue weighted by Gasteiger charge is -2.26. The third-order valence-electron chi connectivity index (χ3n) is 5.97. The van der Waals surface area contributed by atoms with Crippen molar-refractivity contribution in [1.82, 2.24) is 16.0 Å². The van der Waals surface area contributed by atoms with Crippen LogP contribution in [0.25, 0.3) is 0 Å². The van der Waals surface area contributed by atoms with Crippen molar-refractivity contribution in [3.05, 3.63) is 35.9 Å². The van der Waals surface area contributed by atoms with Crippen LogP contribution in [-0.4, -0.2) is 59.0 Å². The lowest BCUT2D eigenvalue weighted by atomic mass is 9.95. The van der Waals surface area contributed by atoms with Crippen molar-refractivity contribution in [1.29, 1.82) is 0 Å². The van der Waals surface area contributed by atoms with Gasteiger partial charge in [0.25, 0.3) is 0 Å². The van der Waals surface area contributed by atoms with Crippen LogP contribution in [0.3, 0.4) is 0 Å². The number of esters is 1. The Bertz CT molecular complexity index is 906. The summed E-state index contributed by atoms with van der Waals surface area (Å²) < 4.78 is 5.59. The van der Waals surface area contributed by atoms with Gasteiger partial charge in [-0.2, -0.15) is 0 Å². The highest BCUT2D eigenvalue weighted by molar-refractivity contribution is 5.94. The fourth-order valence-corrected chi connectivity index (χ4v) is 3.84. The number of carboxylic acid groups (broad SMARTS) is 1. The molecule has 5 atom stereocenters. The van der Waals surface area contributed by atoms with Gasteiger partial charge in [0.05, 0.1) is 12.8 Å². The number of carbonyl (C=O) groups is 5. The second-order valence-corrected chi connectivity index (χ2v) is 9.00. The average Bonchev–Trinajstić information content (AvgIpc) is 2.81. The summed E-state index contributed by atoms with van der Waals surface area (Å²) in [4.78, 5) is 62.8. The van der Waals surface area contributed by atoms with Crippen molar-refractivity contribution in [2.45, 2.75) is 83.5 Å². The van der Waals surface area contributed by atoms with E-state index in [2.05, 4.69) is 16.0 Å². The minimum absolute atomic E-state index is 0.196. The molecular formula is C25H35N3O7. The predicted octanol–water partition coefficient (Wildman–Crippen LogP) is 1.32. The lowest BCUT2D eigenvalue weighted by Crippen LogP contribution is -2.55. The highest BCUT2D eigenvalue weighted by Gasteiger charge is 2.34. The average molecular weight is 490 g/mol. The molecule has 1 fully saturated rings. The molecule has 35 heavy (non-hydrogen) atoms. The monoisotopic (exact) mass is 489 g/mol. The van der Waals surface area contributed by atoms with Crippen LogP contribution < -0.4 is 16.0 Å². The van der Waals surface area contributed by atoms with Gasteiger partial charge < -0.3 is 25.8 Å². The van der Waals surface area contributed by atoms with Gasteiger partial charge in [-0.15, -0.1) is 0 Å². The SMILES string of the molecule is CCCC[C@H](C)[C@@H]1CC(=O)N[C@@H](Cc2ccccc2)C(=O)N[C@@H](C)C(=O)N[C@H](CC(=O)O)C(=O)O1. The van der Waals surface area contributed by atoms with E-state index in [0.29, 0.717) is 6.42 Å². The van der Waals surface area contributed by atoms with Crippen LogP contribution in [0.5, 0.6) is 0 Å². The van der Waals surface area contributed by atoms with E-state index in [4.69, 9.17) is 4.74 Å². The number of aliphatic carboxylic acids is 1. The Morgan fingerprint density at radius 3 is 2.37 bits per heavy atom. The van der Waals surface area contributed by atoms with Crippen LogP contribution in [0.1, 0.15) is 58.4 Å². The molecular weight excluding hydrogens is 454 g/mol. The molecule has 0 aliphatic carbocycles. The number of amides is 3. The molecule has 3 amide bonds. The van der Waals surface area contributed by atoms with Gasteiger partial charge in [0.15, 0.2) is 0 Å². The van der Waals surface area contributed by atoms with E-state index in [1.807, 2.05) is 44.2 Å². The quantitative estimate of drug-likeness (QED) is 0.402. The van der Waals surface area contributed by atoms with E-state index in [1.165, 1.54) is 6.92 Å². The molecule has 0 bridgehead atoms. The van der Waals surface area contributed by atoms with E-state index in [0.717, 1.165) is 18.4 Å². The largest absolute Gasteiger partial charge is 0.481 e. The van der Waals surface area contributed by atoms with Gasteiger partial charge in [-0.05, 0) is 24.8 Å². The third kappa shape index (κ3) is 9.03. The normalized spacial score (nSPS) is 25.0. The number of cyclic esters (lactones) is 1. The summed E-state index contributed by atoms with van der Waals surface area (Å²) in [5.74, 6) is -4.22. The molecule has 0 aromatic heterocycles. The maximum Gasteiger partial charge on any atom is 0.329 e. The first kappa shape index (κ1) is 27.8. The molecule has 0 saturated carbocycles. The van der Waals surface area contributed by atoms with Gasteiger partial charge in [0.1, 0.15) is 24.2 Å². The predicted molar refractivity (Wildman–Crippen MR) is 127 cm³/mol. The summed E-state index contributed by atoms with van der Waals surface area (Å²) in [5, 5.41) is 16.9. The van der Waals surface area contributed by atoms with E-state index in [1.54, 1.807) is 0 Å². The summed E-state index contributed by atoms with van der Waals surface area (Å²) in [6, 6.07) is 5.62. The van der Waals surface area contributed by atoms with Crippen LogP contribution in [0, 0.1) is 5.92 Å². The first-order valence-corrected chi connectivity index (χ1v) is 12.0. The molecule has 0 unspecified atom stereocenters. The number of hydrogen-bond acceptors (Lipinski definition) is 6. The number of hydrogen-bond donors (Lipinski definition) is 4. The van der Waals surface area contributed by atoms with Crippen molar-refractivity contribution in [2.75, 3.05) is 0 Å². The lowest BCUT2D eigenvalue weighted by molar-refractivity contribution is -0.159. The Balaban J connectivity index is 2.36. The van der Waals surface area contributed by atoms with Crippen LogP contribution in [0.4, 0.5) is 0 Å². The Kier molecular flexibility index (Phi) is 10.7. The van der Waals surface area contributed by atoms with Crippen LogP contribution in [-0.2, 0) is 35.1 Å². The van der Waals surface area contributed by atoms with Gasteiger partial charge >= 0.3 is 11.9 Å². The summed E-state index contributed by atoms with van der Waals surface area (Å²) >= 11 is 0. The highest BCUT2D eigenvalue weighted by atomic mass is 16.5. The molecule has 1 aromatic rings. The van der Waals surface area contributed by atoms with Crippen molar-refractivity contribution >= 4 is 29.7 Å². The zero-order valence-electron chi connectivity index (χ0n) is 20.4. The minimum Gasteiger partial charge on any atom is -0.481 e. The van der Waals surface area contributed by atoms with E-state index >= 15 is 0 Å². The molecule has 1 saturated heterocycles. The van der Waals surface area contributed by atoms with Crippen LogP contribution in [0.2, 0.25) is 0 Å². The van der Waals surface area contributed by atoms with Crippen molar-refractivity contribution in [2.24, 2.45) is 5.92 Å². The molecule has 4 N–H and O–H groups in total. The number of ether oxygens (including phenoxy) is 1. The first-order valence-electron chi connectivity index (χ1n) is 12.0. The Labute approximate surface area is 205 Å². The van der Waals surface area contributed by atoms with Crippen molar-refractivity contribution in [3.63, 3.8) is 0 Å². The highest BCUT2D eigenvalue weighted by Crippen LogP contribution is 2.20. The number of carboxylic acids is 1. The van der Waals surface area contributed by atoms with Crippen LogP contribution >= 0.6 is 0 Å². The number of benzene rings is 1. The number of nitrogens with one attached hydrogen (secondary N) is 3. The van der Waals surface area contributed by atoms with Gasteiger partial charge in [-0.25, -0.2) is 4.79 Å². The Morgan fingerprint density at radius 2 is 1.74 bits per heavy atom. The molecule has 10 nitrogen and oxygen atoms in total. The summed E-state index contributed by atoms with van der Waals surface area (Å²) in [7, 11) is 0. The van der Waals surface area contributed by atoms with Crippen molar-refractivity contribution < 1.29 is 33.8 Å². The topological polar surface area (TPSA) is 151 Å². The maximum atomic E-state index is 13.0. The molecule has 192 valence electrons. The fraction of sp³-hybridized carbons (Fsp3) is 0.560. The van der Waals surface area contributed by atoms with Gasteiger partial charge in [-0.1, -0.05) is 57.0 Å². The molecule has 10 heteroatoms. The second kappa shape index (κ2) is 13.5. The number of rotatable bonds is 8. The fourth-order valence-electron chi connectivity index (χ4n) is 3.84. The standard InChI is InChI=1S/C25H35N3O7/c1-4-5-9-15(2)20-14-21(29)27-18(12-17-10-7-6-8-11-17)24(33)26-16(3)23(32)28-19(13-22(30)31)25(34)35-20/h6-8,10-11,15-16,18-20H,4-5,9,12-14H2,1-3H3,(H,26,33)(H,27,29)(H,28,32)(H,30,31)/t15-,16-,18-,19+,20-/m0/s1. The van der Waals surface area contributed by atoms with E-state index in [-0.39, 0.29) is 18.8 Å². The second-order valence-electron chi connectivity index (χ2n) is 9.00. The number of unbranched alkanes of at least 4 members (excludes halogenated alkanes) is 1. The zero-order chi connectivity index (χ0) is 26.0. The summed E-state index contributed by atoms with van der Waals surface area (Å²) in [6.45, 7) is 5.27. The zero-order valence-corrected chi connectivity index (χ0v) is 20.4.